The van der Waals surface area contributed by atoms with Crippen molar-refractivity contribution >= 4 is 33.3 Å². The topological polar surface area (TPSA) is 120 Å². The Kier molecular flexibility index (Phi) is 11.0. The number of urea groups is 1. The standard InChI is InChI=1S/C34H36F2N6O5S/c1-5-37-33(44)39-22-12-10-21(11-13-22)30-25(19-40(3)16-17-47-6-2)29-31(43)42(23-14-15-28(46-4)38-18-23)34(45)41(32(29)48-30)20-24-26(35)8-7-9-27(24)36/h7-15,18H,5-6,16-17,19-20H2,1-4H3,(H2,37,39,44). The van der Waals surface area contributed by atoms with Gasteiger partial charge in [-0.15, -0.1) is 11.3 Å². The van der Waals surface area contributed by atoms with E-state index in [1.165, 1.54) is 47.4 Å². The second kappa shape index (κ2) is 15.3. The number of carbonyl (C=O) groups excluding carboxylic acids is 1. The molecule has 2 N–H and O–H groups in total. The number of likely N-dealkylation sites (N-methyl/N-ethyl adjacent to an activating group) is 1. The van der Waals surface area contributed by atoms with Crippen LogP contribution in [0, 0.1) is 11.6 Å². The molecule has 0 saturated carbocycles. The molecule has 5 aromatic rings. The summed E-state index contributed by atoms with van der Waals surface area (Å²) in [6.45, 7) is 5.58. The maximum atomic E-state index is 15.0. The number of carbonyl (C=O) groups is 1. The number of pyridine rings is 1. The van der Waals surface area contributed by atoms with Crippen molar-refractivity contribution in [1.82, 2.24) is 24.3 Å². The number of hydrogen-bond donors (Lipinski definition) is 2. The van der Waals surface area contributed by atoms with Gasteiger partial charge in [0, 0.05) is 48.4 Å². The van der Waals surface area contributed by atoms with Crippen LogP contribution in [0.25, 0.3) is 26.3 Å². The van der Waals surface area contributed by atoms with E-state index in [0.717, 1.165) is 22.3 Å². The number of halogens is 2. The first kappa shape index (κ1) is 34.4. The van der Waals surface area contributed by atoms with Crippen LogP contribution in [0.4, 0.5) is 19.3 Å². The molecule has 0 spiro atoms. The number of fused-ring (bicyclic) bond motifs is 1. The number of nitrogens with one attached hydrogen (secondary N) is 2. The van der Waals surface area contributed by atoms with Crippen molar-refractivity contribution in [2.24, 2.45) is 0 Å². The van der Waals surface area contributed by atoms with E-state index in [-0.39, 0.29) is 33.4 Å². The number of ether oxygens (including phenoxy) is 2. The monoisotopic (exact) mass is 678 g/mol. The molecule has 3 heterocycles. The number of amides is 2. The van der Waals surface area contributed by atoms with Crippen LogP contribution in [0.2, 0.25) is 0 Å². The normalized spacial score (nSPS) is 11.3. The number of anilines is 1. The molecular weight excluding hydrogens is 642 g/mol. The largest absolute Gasteiger partial charge is 0.481 e. The lowest BCUT2D eigenvalue weighted by molar-refractivity contribution is 0.120. The van der Waals surface area contributed by atoms with Crippen molar-refractivity contribution in [2.75, 3.05) is 45.8 Å². The van der Waals surface area contributed by atoms with Gasteiger partial charge in [0.15, 0.2) is 0 Å². The maximum Gasteiger partial charge on any atom is 0.337 e. The molecule has 0 aliphatic rings. The lowest BCUT2D eigenvalue weighted by Gasteiger charge is -2.18. The van der Waals surface area contributed by atoms with E-state index in [4.69, 9.17) is 9.47 Å². The fourth-order valence-corrected chi connectivity index (χ4v) is 6.54. The molecule has 2 aromatic carbocycles. The summed E-state index contributed by atoms with van der Waals surface area (Å²) < 4.78 is 42.9. The third kappa shape index (κ3) is 7.30. The van der Waals surface area contributed by atoms with Gasteiger partial charge in [0.05, 0.1) is 37.5 Å². The fraction of sp³-hybridized carbons (Fsp3) is 0.294. The number of benzene rings is 2. The van der Waals surface area contributed by atoms with Gasteiger partial charge in [0.25, 0.3) is 5.56 Å². The summed E-state index contributed by atoms with van der Waals surface area (Å²) in [5.41, 5.74) is 0.373. The zero-order valence-electron chi connectivity index (χ0n) is 27.0. The SMILES string of the molecule is CCNC(=O)Nc1ccc(-c2sc3c(c2CN(C)CCOCC)c(=O)n(-c2ccc(OC)nc2)c(=O)n3Cc2c(F)cccc2F)cc1. The molecule has 0 aliphatic heterocycles. The quantitative estimate of drug-likeness (QED) is 0.164. The Hall–Kier alpha value is -4.92. The van der Waals surface area contributed by atoms with Gasteiger partial charge in [-0.05, 0) is 62.4 Å². The third-order valence-corrected chi connectivity index (χ3v) is 8.93. The Morgan fingerprint density at radius 1 is 1.02 bits per heavy atom. The van der Waals surface area contributed by atoms with E-state index in [1.807, 2.05) is 25.8 Å². The number of methoxy groups -OCH3 is 1. The summed E-state index contributed by atoms with van der Waals surface area (Å²) in [4.78, 5) is 47.8. The molecule has 14 heteroatoms. The Bertz CT molecular complexity index is 2010. The first-order chi connectivity index (χ1) is 23.2. The molecule has 0 bridgehead atoms. The summed E-state index contributed by atoms with van der Waals surface area (Å²) in [7, 11) is 3.34. The van der Waals surface area contributed by atoms with Gasteiger partial charge in [0.1, 0.15) is 16.5 Å². The first-order valence-electron chi connectivity index (χ1n) is 15.3. The molecule has 0 saturated heterocycles. The Balaban J connectivity index is 1.77. The average molecular weight is 679 g/mol. The minimum Gasteiger partial charge on any atom is -0.481 e. The highest BCUT2D eigenvalue weighted by molar-refractivity contribution is 7.22. The maximum absolute atomic E-state index is 15.0. The number of thiophene rings is 1. The van der Waals surface area contributed by atoms with Crippen molar-refractivity contribution in [3.63, 3.8) is 0 Å². The van der Waals surface area contributed by atoms with Crippen LogP contribution in [-0.2, 0) is 17.8 Å². The van der Waals surface area contributed by atoms with E-state index < -0.39 is 29.4 Å². The summed E-state index contributed by atoms with van der Waals surface area (Å²) in [6.07, 6.45) is 1.34. The predicted octanol–water partition coefficient (Wildman–Crippen LogP) is 5.22. The molecule has 0 fully saturated rings. The van der Waals surface area contributed by atoms with Crippen molar-refractivity contribution in [1.29, 1.82) is 0 Å². The molecule has 3 aromatic heterocycles. The van der Waals surface area contributed by atoms with E-state index in [2.05, 4.69) is 15.6 Å². The van der Waals surface area contributed by atoms with E-state index >= 15 is 8.78 Å². The lowest BCUT2D eigenvalue weighted by Crippen LogP contribution is -2.39. The highest BCUT2D eigenvalue weighted by Gasteiger charge is 2.26. The van der Waals surface area contributed by atoms with Crippen LogP contribution in [-0.4, -0.2) is 65.5 Å². The Morgan fingerprint density at radius 2 is 1.75 bits per heavy atom. The van der Waals surface area contributed by atoms with Gasteiger partial charge in [0.2, 0.25) is 5.88 Å². The zero-order valence-corrected chi connectivity index (χ0v) is 27.8. The van der Waals surface area contributed by atoms with Crippen LogP contribution < -0.4 is 26.6 Å². The van der Waals surface area contributed by atoms with Crippen LogP contribution in [0.3, 0.4) is 0 Å². The third-order valence-electron chi connectivity index (χ3n) is 7.63. The molecular formula is C34H36F2N6O5S. The van der Waals surface area contributed by atoms with Crippen LogP contribution in [0.5, 0.6) is 5.88 Å². The second-order valence-electron chi connectivity index (χ2n) is 10.9. The number of aromatic nitrogens is 3. The van der Waals surface area contributed by atoms with Crippen LogP contribution in [0.15, 0.2) is 70.4 Å². The average Bonchev–Trinajstić information content (AvgIpc) is 3.44. The fourth-order valence-electron chi connectivity index (χ4n) is 5.24. The van der Waals surface area contributed by atoms with Gasteiger partial charge in [-0.3, -0.25) is 14.3 Å². The molecule has 0 radical (unpaired) electrons. The van der Waals surface area contributed by atoms with E-state index in [0.29, 0.717) is 49.0 Å². The smallest absolute Gasteiger partial charge is 0.337 e. The van der Waals surface area contributed by atoms with Crippen molar-refractivity contribution < 1.29 is 23.0 Å². The number of hydrogen-bond acceptors (Lipinski definition) is 8. The molecule has 0 unspecified atom stereocenters. The molecule has 48 heavy (non-hydrogen) atoms. The van der Waals surface area contributed by atoms with Crippen molar-refractivity contribution in [3.05, 3.63) is 104 Å². The van der Waals surface area contributed by atoms with E-state index in [1.54, 1.807) is 24.3 Å². The summed E-state index contributed by atoms with van der Waals surface area (Å²) in [5.74, 6) is -1.36. The predicted molar refractivity (Wildman–Crippen MR) is 182 cm³/mol. The molecule has 11 nitrogen and oxygen atoms in total. The minimum atomic E-state index is -0.818. The van der Waals surface area contributed by atoms with Gasteiger partial charge in [-0.1, -0.05) is 18.2 Å². The number of rotatable bonds is 13. The second-order valence-corrected chi connectivity index (χ2v) is 11.9. The van der Waals surface area contributed by atoms with Gasteiger partial charge in [-0.2, -0.15) is 0 Å². The Labute approximate surface area is 279 Å². The van der Waals surface area contributed by atoms with Gasteiger partial charge < -0.3 is 20.1 Å². The summed E-state index contributed by atoms with van der Waals surface area (Å²) in [5, 5.41) is 5.68. The first-order valence-corrected chi connectivity index (χ1v) is 16.1. The number of nitrogens with zero attached hydrogens (tertiary/aromatic N) is 4. The minimum absolute atomic E-state index is 0.166. The van der Waals surface area contributed by atoms with E-state index in [9.17, 15) is 14.4 Å². The van der Waals surface area contributed by atoms with Crippen LogP contribution in [0.1, 0.15) is 25.0 Å². The summed E-state index contributed by atoms with van der Waals surface area (Å²) >= 11 is 1.18. The van der Waals surface area contributed by atoms with Gasteiger partial charge >= 0.3 is 11.7 Å². The lowest BCUT2D eigenvalue weighted by atomic mass is 10.1. The van der Waals surface area contributed by atoms with Crippen molar-refractivity contribution in [3.8, 4) is 22.0 Å². The molecule has 252 valence electrons. The molecule has 2 amide bonds. The van der Waals surface area contributed by atoms with Crippen LogP contribution >= 0.6 is 11.3 Å². The van der Waals surface area contributed by atoms with Crippen molar-refractivity contribution in [2.45, 2.75) is 26.9 Å². The molecule has 0 atom stereocenters. The summed E-state index contributed by atoms with van der Waals surface area (Å²) in [6, 6.07) is 13.3. The molecule has 0 aliphatic carbocycles. The zero-order chi connectivity index (χ0) is 34.4. The van der Waals surface area contributed by atoms with Gasteiger partial charge in [-0.25, -0.2) is 27.9 Å². The Morgan fingerprint density at radius 3 is 2.38 bits per heavy atom. The highest BCUT2D eigenvalue weighted by atomic mass is 32.1. The molecule has 5 rings (SSSR count). The highest BCUT2D eigenvalue weighted by Crippen LogP contribution is 2.38.